The number of non-ortho nitro benzene ring substituents is 1. The highest BCUT2D eigenvalue weighted by Crippen LogP contribution is 2.19. The quantitative estimate of drug-likeness (QED) is 0.582. The number of amides is 1. The van der Waals surface area contributed by atoms with Crippen molar-refractivity contribution in [3.63, 3.8) is 0 Å². The van der Waals surface area contributed by atoms with Crippen LogP contribution in [0.25, 0.3) is 0 Å². The fourth-order valence-electron chi connectivity index (χ4n) is 1.77. The number of nitrogens with zero attached hydrogens (tertiary/aromatic N) is 3. The molecule has 0 N–H and O–H groups in total. The third-order valence-electron chi connectivity index (χ3n) is 2.74. The first-order chi connectivity index (χ1) is 8.91. The van der Waals surface area contributed by atoms with Gasteiger partial charge >= 0.3 is 0 Å². The monoisotopic (exact) mass is 265 g/mol. The lowest BCUT2D eigenvalue weighted by atomic mass is 10.2. The molecule has 1 rings (SSSR count). The fourth-order valence-corrected chi connectivity index (χ4v) is 1.77. The maximum absolute atomic E-state index is 11.6. The number of nitro benzene ring substituents is 1. The van der Waals surface area contributed by atoms with Gasteiger partial charge in [0.25, 0.3) is 5.69 Å². The lowest BCUT2D eigenvalue weighted by Gasteiger charge is -2.22. The van der Waals surface area contributed by atoms with Crippen LogP contribution in [-0.4, -0.2) is 42.9 Å². The first-order valence-corrected chi connectivity index (χ1v) is 6.09. The molecule has 19 heavy (non-hydrogen) atoms. The maximum Gasteiger partial charge on any atom is 0.269 e. The van der Waals surface area contributed by atoms with Gasteiger partial charge in [-0.05, 0) is 39.2 Å². The lowest BCUT2D eigenvalue weighted by molar-refractivity contribution is -0.384. The molecule has 0 aliphatic heterocycles. The van der Waals surface area contributed by atoms with Crippen LogP contribution in [0.15, 0.2) is 24.3 Å². The van der Waals surface area contributed by atoms with E-state index in [9.17, 15) is 14.9 Å². The van der Waals surface area contributed by atoms with E-state index in [2.05, 4.69) is 0 Å². The molecule has 6 heteroatoms. The van der Waals surface area contributed by atoms with E-state index in [1.165, 1.54) is 19.1 Å². The number of nitro groups is 1. The Labute approximate surface area is 112 Å². The van der Waals surface area contributed by atoms with Crippen LogP contribution in [0.3, 0.4) is 0 Å². The van der Waals surface area contributed by atoms with E-state index in [0.29, 0.717) is 12.2 Å². The van der Waals surface area contributed by atoms with Gasteiger partial charge in [0.15, 0.2) is 0 Å². The molecule has 0 radical (unpaired) electrons. The first-order valence-electron chi connectivity index (χ1n) is 6.09. The summed E-state index contributed by atoms with van der Waals surface area (Å²) in [6.07, 6.45) is 0.851. The third-order valence-corrected chi connectivity index (χ3v) is 2.74. The van der Waals surface area contributed by atoms with Crippen LogP contribution >= 0.6 is 0 Å². The summed E-state index contributed by atoms with van der Waals surface area (Å²) in [7, 11) is 3.95. The third kappa shape index (κ3) is 4.67. The highest BCUT2D eigenvalue weighted by Gasteiger charge is 2.13. The van der Waals surface area contributed by atoms with Gasteiger partial charge < -0.3 is 9.80 Å². The Morgan fingerprint density at radius 3 is 2.21 bits per heavy atom. The Morgan fingerprint density at radius 2 is 1.79 bits per heavy atom. The number of hydrogen-bond donors (Lipinski definition) is 0. The summed E-state index contributed by atoms with van der Waals surface area (Å²) in [5, 5.41) is 10.6. The summed E-state index contributed by atoms with van der Waals surface area (Å²) in [6, 6.07) is 6.04. The van der Waals surface area contributed by atoms with Gasteiger partial charge in [-0.25, -0.2) is 0 Å². The molecule has 104 valence electrons. The van der Waals surface area contributed by atoms with Gasteiger partial charge in [0.1, 0.15) is 0 Å². The molecule has 1 aromatic carbocycles. The maximum atomic E-state index is 11.6. The standard InChI is InChI=1S/C13H19N3O3/c1-11(17)15(10-4-9-14(2)3)12-5-7-13(8-6-12)16(18)19/h5-8H,4,9-10H2,1-3H3. The topological polar surface area (TPSA) is 66.7 Å². The van der Waals surface area contributed by atoms with Crippen molar-refractivity contribution >= 4 is 17.3 Å². The minimum Gasteiger partial charge on any atom is -0.313 e. The zero-order chi connectivity index (χ0) is 14.4. The van der Waals surface area contributed by atoms with Crippen molar-refractivity contribution < 1.29 is 9.72 Å². The smallest absolute Gasteiger partial charge is 0.269 e. The molecule has 0 spiro atoms. The van der Waals surface area contributed by atoms with Crippen LogP contribution in [0.1, 0.15) is 13.3 Å². The number of rotatable bonds is 6. The van der Waals surface area contributed by atoms with Crippen LogP contribution in [0.4, 0.5) is 11.4 Å². The molecule has 0 aromatic heterocycles. The van der Waals surface area contributed by atoms with E-state index in [-0.39, 0.29) is 11.6 Å². The van der Waals surface area contributed by atoms with Gasteiger partial charge in [-0.15, -0.1) is 0 Å². The van der Waals surface area contributed by atoms with Crippen molar-refractivity contribution in [2.75, 3.05) is 32.1 Å². The molecule has 0 aliphatic rings. The number of hydrogen-bond acceptors (Lipinski definition) is 4. The number of carbonyl (C=O) groups excluding carboxylic acids is 1. The Hall–Kier alpha value is -1.95. The molecule has 0 fully saturated rings. The van der Waals surface area contributed by atoms with E-state index in [0.717, 1.165) is 13.0 Å². The van der Waals surface area contributed by atoms with Crippen molar-refractivity contribution in [3.8, 4) is 0 Å². The average Bonchev–Trinajstić information content (AvgIpc) is 2.34. The van der Waals surface area contributed by atoms with Crippen LogP contribution in [-0.2, 0) is 4.79 Å². The second kappa shape index (κ2) is 6.84. The molecule has 0 bridgehead atoms. The zero-order valence-electron chi connectivity index (χ0n) is 11.5. The molecule has 0 aliphatic carbocycles. The normalized spacial score (nSPS) is 10.5. The van der Waals surface area contributed by atoms with Crippen molar-refractivity contribution in [2.24, 2.45) is 0 Å². The van der Waals surface area contributed by atoms with Crippen LogP contribution in [0.5, 0.6) is 0 Å². The molecule has 1 amide bonds. The largest absolute Gasteiger partial charge is 0.313 e. The van der Waals surface area contributed by atoms with Crippen LogP contribution in [0.2, 0.25) is 0 Å². The van der Waals surface area contributed by atoms with Crippen molar-refractivity contribution in [2.45, 2.75) is 13.3 Å². The van der Waals surface area contributed by atoms with Crippen molar-refractivity contribution in [1.29, 1.82) is 0 Å². The van der Waals surface area contributed by atoms with E-state index in [1.54, 1.807) is 17.0 Å². The second-order valence-corrected chi connectivity index (χ2v) is 4.60. The highest BCUT2D eigenvalue weighted by molar-refractivity contribution is 5.91. The predicted octanol–water partition coefficient (Wildman–Crippen LogP) is 1.90. The Kier molecular flexibility index (Phi) is 5.44. The number of anilines is 1. The van der Waals surface area contributed by atoms with Gasteiger partial charge in [-0.2, -0.15) is 0 Å². The van der Waals surface area contributed by atoms with Gasteiger partial charge in [0.2, 0.25) is 5.91 Å². The minimum absolute atomic E-state index is 0.0283. The summed E-state index contributed by atoms with van der Waals surface area (Å²) in [5.41, 5.74) is 0.720. The van der Waals surface area contributed by atoms with Gasteiger partial charge in [0, 0.05) is 31.3 Å². The molecule has 0 unspecified atom stereocenters. The van der Waals surface area contributed by atoms with Gasteiger partial charge in [-0.1, -0.05) is 0 Å². The molecule has 0 saturated carbocycles. The van der Waals surface area contributed by atoms with E-state index in [4.69, 9.17) is 0 Å². The predicted molar refractivity (Wildman–Crippen MR) is 74.3 cm³/mol. The minimum atomic E-state index is -0.450. The summed E-state index contributed by atoms with van der Waals surface area (Å²) in [4.78, 5) is 25.4. The Bertz CT molecular complexity index is 443. The summed E-state index contributed by atoms with van der Waals surface area (Å²) in [5.74, 6) is -0.0624. The summed E-state index contributed by atoms with van der Waals surface area (Å²) >= 11 is 0. The molecule has 0 saturated heterocycles. The first kappa shape index (κ1) is 15.1. The molecule has 0 atom stereocenters. The fraction of sp³-hybridized carbons (Fsp3) is 0.462. The SMILES string of the molecule is CC(=O)N(CCCN(C)C)c1ccc([N+](=O)[O-])cc1. The molecule has 6 nitrogen and oxygen atoms in total. The van der Waals surface area contributed by atoms with E-state index < -0.39 is 4.92 Å². The van der Waals surface area contributed by atoms with E-state index >= 15 is 0 Å². The van der Waals surface area contributed by atoms with Crippen molar-refractivity contribution in [3.05, 3.63) is 34.4 Å². The highest BCUT2D eigenvalue weighted by atomic mass is 16.6. The summed E-state index contributed by atoms with van der Waals surface area (Å²) < 4.78 is 0. The van der Waals surface area contributed by atoms with E-state index in [1.807, 2.05) is 19.0 Å². The lowest BCUT2D eigenvalue weighted by Crippen LogP contribution is -2.31. The Morgan fingerprint density at radius 1 is 1.21 bits per heavy atom. The van der Waals surface area contributed by atoms with Gasteiger partial charge in [-0.3, -0.25) is 14.9 Å². The Balaban J connectivity index is 2.75. The van der Waals surface area contributed by atoms with Crippen molar-refractivity contribution in [1.82, 2.24) is 4.90 Å². The number of carbonyl (C=O) groups is 1. The molecule has 1 aromatic rings. The average molecular weight is 265 g/mol. The number of benzene rings is 1. The van der Waals surface area contributed by atoms with Crippen LogP contribution < -0.4 is 4.90 Å². The second-order valence-electron chi connectivity index (χ2n) is 4.60. The van der Waals surface area contributed by atoms with Crippen LogP contribution in [0, 0.1) is 10.1 Å². The summed E-state index contributed by atoms with van der Waals surface area (Å²) in [6.45, 7) is 2.99. The molecular formula is C13H19N3O3. The molecule has 0 heterocycles. The van der Waals surface area contributed by atoms with Gasteiger partial charge in [0.05, 0.1) is 4.92 Å². The zero-order valence-corrected chi connectivity index (χ0v) is 11.5. The molecular weight excluding hydrogens is 246 g/mol.